The number of carbonyl (C=O) groups is 1. The molecule has 0 unspecified atom stereocenters. The Balaban J connectivity index is 1.53. The summed E-state index contributed by atoms with van der Waals surface area (Å²) in [6.45, 7) is 6.40. The van der Waals surface area contributed by atoms with Gasteiger partial charge in [0.15, 0.2) is 0 Å². The van der Waals surface area contributed by atoms with Crippen LogP contribution in [-0.4, -0.2) is 48.0 Å². The second-order valence-corrected chi connectivity index (χ2v) is 7.14. The summed E-state index contributed by atoms with van der Waals surface area (Å²) in [5.41, 5.74) is 1.23. The van der Waals surface area contributed by atoms with Crippen molar-refractivity contribution < 1.29 is 18.0 Å². The van der Waals surface area contributed by atoms with Crippen molar-refractivity contribution >= 4 is 17.4 Å². The first-order valence-corrected chi connectivity index (χ1v) is 9.70. The first-order chi connectivity index (χ1) is 13.8. The van der Waals surface area contributed by atoms with Gasteiger partial charge in [0.05, 0.1) is 11.6 Å². The van der Waals surface area contributed by atoms with E-state index in [2.05, 4.69) is 22.1 Å². The number of benzene rings is 1. The molecule has 29 heavy (non-hydrogen) atoms. The molecule has 156 valence electrons. The predicted molar refractivity (Wildman–Crippen MR) is 107 cm³/mol. The number of hydrogen-bond donors (Lipinski definition) is 1. The molecule has 2 aromatic rings. The van der Waals surface area contributed by atoms with Crippen LogP contribution in [0.1, 0.15) is 25.0 Å². The van der Waals surface area contributed by atoms with Crippen LogP contribution < -0.4 is 10.2 Å². The van der Waals surface area contributed by atoms with E-state index < -0.39 is 11.7 Å². The van der Waals surface area contributed by atoms with E-state index in [-0.39, 0.29) is 11.9 Å². The van der Waals surface area contributed by atoms with Gasteiger partial charge in [0.1, 0.15) is 5.82 Å². The molecular formula is C21H25F3N4O. The monoisotopic (exact) mass is 406 g/mol. The lowest BCUT2D eigenvalue weighted by atomic mass is 10.1. The van der Waals surface area contributed by atoms with Gasteiger partial charge in [-0.25, -0.2) is 4.98 Å². The Morgan fingerprint density at radius 2 is 1.76 bits per heavy atom. The molecule has 1 amide bonds. The lowest BCUT2D eigenvalue weighted by Crippen LogP contribution is -2.53. The van der Waals surface area contributed by atoms with Crippen molar-refractivity contribution in [3.8, 4) is 0 Å². The lowest BCUT2D eigenvalue weighted by molar-refractivity contribution is -0.137. The fourth-order valence-corrected chi connectivity index (χ4v) is 3.32. The minimum absolute atomic E-state index is 0.0737. The molecule has 1 atom stereocenters. The van der Waals surface area contributed by atoms with Gasteiger partial charge in [0.2, 0.25) is 5.91 Å². The minimum Gasteiger partial charge on any atom is -0.354 e. The summed E-state index contributed by atoms with van der Waals surface area (Å²) in [5.74, 6) is 0.445. The molecule has 0 aliphatic carbocycles. The molecule has 0 spiro atoms. The largest absolute Gasteiger partial charge is 0.417 e. The van der Waals surface area contributed by atoms with Gasteiger partial charge in [-0.1, -0.05) is 19.1 Å². The fraction of sp³-hybridized carbons (Fsp3) is 0.429. The molecule has 1 aliphatic heterocycles. The smallest absolute Gasteiger partial charge is 0.354 e. The van der Waals surface area contributed by atoms with Crippen molar-refractivity contribution in [2.45, 2.75) is 32.5 Å². The third-order valence-electron chi connectivity index (χ3n) is 5.27. The summed E-state index contributed by atoms with van der Waals surface area (Å²) in [6, 6.07) is 9.94. The molecule has 0 bridgehead atoms. The van der Waals surface area contributed by atoms with Crippen LogP contribution in [0.25, 0.3) is 0 Å². The molecule has 1 aromatic heterocycles. The molecule has 1 aliphatic rings. The van der Waals surface area contributed by atoms with Crippen molar-refractivity contribution in [1.29, 1.82) is 0 Å². The highest BCUT2D eigenvalue weighted by Crippen LogP contribution is 2.29. The number of carbonyl (C=O) groups excluding carboxylic acids is 1. The third kappa shape index (κ3) is 5.26. The summed E-state index contributed by atoms with van der Waals surface area (Å²) in [7, 11) is 0. The Morgan fingerprint density at radius 1 is 1.10 bits per heavy atom. The SMILES string of the molecule is CCc1ccc(NC(=O)[C@H](C)N2CCN(c3ccc(C(F)(F)F)cn3)CC2)cc1. The first-order valence-electron chi connectivity index (χ1n) is 9.70. The number of halogens is 3. The number of anilines is 2. The maximum atomic E-state index is 12.7. The summed E-state index contributed by atoms with van der Waals surface area (Å²) < 4.78 is 38.0. The Labute approximate surface area is 168 Å². The van der Waals surface area contributed by atoms with Crippen molar-refractivity contribution in [2.24, 2.45) is 0 Å². The minimum atomic E-state index is -4.39. The topological polar surface area (TPSA) is 48.5 Å². The van der Waals surface area contributed by atoms with E-state index in [9.17, 15) is 18.0 Å². The number of alkyl halides is 3. The van der Waals surface area contributed by atoms with E-state index in [4.69, 9.17) is 0 Å². The molecule has 5 nitrogen and oxygen atoms in total. The quantitative estimate of drug-likeness (QED) is 0.820. The van der Waals surface area contributed by atoms with E-state index >= 15 is 0 Å². The van der Waals surface area contributed by atoms with Crippen molar-refractivity contribution in [1.82, 2.24) is 9.88 Å². The molecule has 0 saturated carbocycles. The second kappa shape index (κ2) is 8.82. The Bertz CT molecular complexity index is 813. The number of hydrogen-bond acceptors (Lipinski definition) is 4. The normalized spacial score (nSPS) is 16.5. The van der Waals surface area contributed by atoms with Crippen LogP contribution in [0.3, 0.4) is 0 Å². The summed E-state index contributed by atoms with van der Waals surface area (Å²) in [5, 5.41) is 2.94. The summed E-state index contributed by atoms with van der Waals surface area (Å²) >= 11 is 0. The van der Waals surface area contributed by atoms with Crippen LogP contribution in [0.5, 0.6) is 0 Å². The van der Waals surface area contributed by atoms with Gasteiger partial charge in [0.25, 0.3) is 0 Å². The van der Waals surface area contributed by atoms with Crippen molar-refractivity contribution in [3.05, 3.63) is 53.7 Å². The highest BCUT2D eigenvalue weighted by Gasteiger charge is 2.31. The van der Waals surface area contributed by atoms with Crippen molar-refractivity contribution in [2.75, 3.05) is 36.4 Å². The fourth-order valence-electron chi connectivity index (χ4n) is 3.32. The standard InChI is InChI=1S/C21H25F3N4O/c1-3-16-4-7-18(8-5-16)26-20(29)15(2)27-10-12-28(13-11-27)19-9-6-17(14-25-19)21(22,23)24/h4-9,14-15H,3,10-13H2,1-2H3,(H,26,29)/t15-/m0/s1. The van der Waals surface area contributed by atoms with Gasteiger partial charge >= 0.3 is 6.18 Å². The molecule has 0 radical (unpaired) electrons. The Morgan fingerprint density at radius 3 is 2.28 bits per heavy atom. The maximum Gasteiger partial charge on any atom is 0.417 e. The maximum absolute atomic E-state index is 12.7. The number of aromatic nitrogens is 1. The Kier molecular flexibility index (Phi) is 6.42. The van der Waals surface area contributed by atoms with Gasteiger partial charge in [-0.2, -0.15) is 13.2 Å². The lowest BCUT2D eigenvalue weighted by Gasteiger charge is -2.38. The van der Waals surface area contributed by atoms with Gasteiger partial charge in [-0.15, -0.1) is 0 Å². The number of rotatable bonds is 5. The van der Waals surface area contributed by atoms with E-state index in [0.29, 0.717) is 32.0 Å². The van der Waals surface area contributed by atoms with E-state index in [1.165, 1.54) is 11.6 Å². The summed E-state index contributed by atoms with van der Waals surface area (Å²) in [6.07, 6.45) is -2.58. The number of amides is 1. The van der Waals surface area contributed by atoms with Crippen LogP contribution in [0, 0.1) is 0 Å². The molecule has 1 N–H and O–H groups in total. The number of aryl methyl sites for hydroxylation is 1. The summed E-state index contributed by atoms with van der Waals surface area (Å²) in [4.78, 5) is 20.5. The molecule has 2 heterocycles. The van der Waals surface area contributed by atoms with Crippen molar-refractivity contribution in [3.63, 3.8) is 0 Å². The van der Waals surface area contributed by atoms with Gasteiger partial charge in [0, 0.05) is 38.1 Å². The average Bonchev–Trinajstić information content (AvgIpc) is 2.73. The molecule has 1 fully saturated rings. The number of pyridine rings is 1. The zero-order valence-corrected chi connectivity index (χ0v) is 16.5. The zero-order valence-electron chi connectivity index (χ0n) is 16.5. The van der Waals surface area contributed by atoms with Gasteiger partial charge in [-0.05, 0) is 43.2 Å². The highest BCUT2D eigenvalue weighted by molar-refractivity contribution is 5.94. The van der Waals surface area contributed by atoms with E-state index in [1.54, 1.807) is 0 Å². The van der Waals surface area contributed by atoms with E-state index in [0.717, 1.165) is 24.4 Å². The second-order valence-electron chi connectivity index (χ2n) is 7.14. The van der Waals surface area contributed by atoms with Crippen LogP contribution in [-0.2, 0) is 17.4 Å². The van der Waals surface area contributed by atoms with Crippen LogP contribution >= 0.6 is 0 Å². The zero-order chi connectivity index (χ0) is 21.0. The Hall–Kier alpha value is -2.61. The highest BCUT2D eigenvalue weighted by atomic mass is 19.4. The van der Waals surface area contributed by atoms with Crippen LogP contribution in [0.2, 0.25) is 0 Å². The van der Waals surface area contributed by atoms with Gasteiger partial charge < -0.3 is 10.2 Å². The van der Waals surface area contributed by atoms with Gasteiger partial charge in [-0.3, -0.25) is 9.69 Å². The molecule has 1 aromatic carbocycles. The number of nitrogens with one attached hydrogen (secondary N) is 1. The molecular weight excluding hydrogens is 381 g/mol. The number of piperazine rings is 1. The molecule has 8 heteroatoms. The predicted octanol–water partition coefficient (Wildman–Crippen LogP) is 3.81. The van der Waals surface area contributed by atoms with Crippen LogP contribution in [0.4, 0.5) is 24.7 Å². The molecule has 1 saturated heterocycles. The molecule has 3 rings (SSSR count). The third-order valence-corrected chi connectivity index (χ3v) is 5.27. The van der Waals surface area contributed by atoms with E-state index in [1.807, 2.05) is 36.1 Å². The first kappa shape index (κ1) is 21.1. The number of nitrogens with zero attached hydrogens (tertiary/aromatic N) is 3. The van der Waals surface area contributed by atoms with Crippen LogP contribution in [0.15, 0.2) is 42.6 Å². The average molecular weight is 406 g/mol.